The van der Waals surface area contributed by atoms with E-state index in [0.29, 0.717) is 17.1 Å². The Bertz CT molecular complexity index is 815. The number of nitrogens with zero attached hydrogens (tertiary/aromatic N) is 1. The van der Waals surface area contributed by atoms with Crippen LogP contribution in [0.25, 0.3) is 0 Å². The maximum atomic E-state index is 12.2. The van der Waals surface area contributed by atoms with Gasteiger partial charge in [0.2, 0.25) is 0 Å². The van der Waals surface area contributed by atoms with Crippen molar-refractivity contribution in [3.63, 3.8) is 0 Å². The highest BCUT2D eigenvalue weighted by Crippen LogP contribution is 2.30. The van der Waals surface area contributed by atoms with Gasteiger partial charge in [-0.3, -0.25) is 10.1 Å². The van der Waals surface area contributed by atoms with E-state index in [1.807, 2.05) is 6.92 Å². The number of carbonyl (C=O) groups excluding carboxylic acids is 1. The number of aryl methyl sites for hydroxylation is 2. The number of hydrogen-bond donors (Lipinski definition) is 0. The number of methoxy groups -OCH3 is 2. The topological polar surface area (TPSA) is 87.9 Å². The highest BCUT2D eigenvalue weighted by molar-refractivity contribution is 5.90. The van der Waals surface area contributed by atoms with Gasteiger partial charge in [-0.25, -0.2) is 4.79 Å². The molecule has 0 heterocycles. The Labute approximate surface area is 145 Å². The second kappa shape index (κ2) is 7.65. The largest absolute Gasteiger partial charge is 0.493 e. The van der Waals surface area contributed by atoms with Crippen molar-refractivity contribution < 1.29 is 23.9 Å². The van der Waals surface area contributed by atoms with Gasteiger partial charge in [0, 0.05) is 11.6 Å². The molecule has 0 spiro atoms. The predicted octanol–water partition coefficient (Wildman–Crippen LogP) is 3.59. The third kappa shape index (κ3) is 4.06. The molecule has 7 nitrogen and oxygen atoms in total. The van der Waals surface area contributed by atoms with Crippen molar-refractivity contribution in [2.75, 3.05) is 14.2 Å². The third-order valence-corrected chi connectivity index (χ3v) is 3.83. The molecule has 0 aliphatic carbocycles. The first kappa shape index (κ1) is 18.3. The lowest BCUT2D eigenvalue weighted by molar-refractivity contribution is -0.385. The van der Waals surface area contributed by atoms with Crippen LogP contribution in [-0.2, 0) is 11.3 Å². The summed E-state index contributed by atoms with van der Waals surface area (Å²) in [6.07, 6.45) is 0. The number of hydrogen-bond acceptors (Lipinski definition) is 6. The second-order valence-corrected chi connectivity index (χ2v) is 5.47. The van der Waals surface area contributed by atoms with Gasteiger partial charge < -0.3 is 14.2 Å². The monoisotopic (exact) mass is 345 g/mol. The maximum Gasteiger partial charge on any atom is 0.338 e. The van der Waals surface area contributed by atoms with Crippen molar-refractivity contribution in [3.8, 4) is 11.5 Å². The fourth-order valence-electron chi connectivity index (χ4n) is 2.39. The molecule has 0 saturated carbocycles. The molecule has 0 aliphatic rings. The average molecular weight is 345 g/mol. The van der Waals surface area contributed by atoms with Crippen LogP contribution in [0, 0.1) is 24.0 Å². The molecule has 0 aromatic heterocycles. The van der Waals surface area contributed by atoms with E-state index in [-0.39, 0.29) is 17.9 Å². The van der Waals surface area contributed by atoms with E-state index < -0.39 is 10.9 Å². The van der Waals surface area contributed by atoms with E-state index >= 15 is 0 Å². The third-order valence-electron chi connectivity index (χ3n) is 3.83. The number of nitro groups is 1. The van der Waals surface area contributed by atoms with Gasteiger partial charge in [-0.05, 0) is 49.2 Å². The highest BCUT2D eigenvalue weighted by Gasteiger charge is 2.16. The molecule has 0 N–H and O–H groups in total. The molecule has 2 aromatic carbocycles. The van der Waals surface area contributed by atoms with Gasteiger partial charge >= 0.3 is 5.97 Å². The normalized spacial score (nSPS) is 10.2. The molecule has 0 unspecified atom stereocenters. The quantitative estimate of drug-likeness (QED) is 0.452. The summed E-state index contributed by atoms with van der Waals surface area (Å²) in [4.78, 5) is 22.5. The van der Waals surface area contributed by atoms with Crippen LogP contribution in [0.2, 0.25) is 0 Å². The molecule has 25 heavy (non-hydrogen) atoms. The minimum absolute atomic E-state index is 0.0349. The summed E-state index contributed by atoms with van der Waals surface area (Å²) in [6.45, 7) is 3.51. The molecule has 0 bridgehead atoms. The number of carbonyl (C=O) groups is 1. The summed E-state index contributed by atoms with van der Waals surface area (Å²) in [6, 6.07) is 7.69. The Hall–Kier alpha value is -3.09. The SMILES string of the molecule is COc1cc(C)c(COC(=O)c2ccc([N+](=O)[O-])c(C)c2)cc1OC. The van der Waals surface area contributed by atoms with E-state index in [9.17, 15) is 14.9 Å². The predicted molar refractivity (Wildman–Crippen MR) is 91.2 cm³/mol. The van der Waals surface area contributed by atoms with Crippen molar-refractivity contribution in [1.82, 2.24) is 0 Å². The van der Waals surface area contributed by atoms with Gasteiger partial charge in [0.25, 0.3) is 5.69 Å². The van der Waals surface area contributed by atoms with Crippen molar-refractivity contribution >= 4 is 11.7 Å². The van der Waals surface area contributed by atoms with E-state index in [1.165, 1.54) is 25.3 Å². The highest BCUT2D eigenvalue weighted by atomic mass is 16.6. The van der Waals surface area contributed by atoms with Crippen LogP contribution < -0.4 is 9.47 Å². The Morgan fingerprint density at radius 1 is 1.04 bits per heavy atom. The molecule has 0 aliphatic heterocycles. The standard InChI is InChI=1S/C18H19NO6/c1-11-8-16(23-3)17(24-4)9-14(11)10-25-18(20)13-5-6-15(19(21)22)12(2)7-13/h5-9H,10H2,1-4H3. The van der Waals surface area contributed by atoms with Crippen LogP contribution in [0.4, 0.5) is 5.69 Å². The zero-order chi connectivity index (χ0) is 18.6. The van der Waals surface area contributed by atoms with Crippen molar-refractivity contribution in [3.05, 3.63) is 62.7 Å². The van der Waals surface area contributed by atoms with Gasteiger partial charge in [0.1, 0.15) is 6.61 Å². The lowest BCUT2D eigenvalue weighted by atomic mass is 10.1. The Balaban J connectivity index is 2.15. The molecule has 2 aromatic rings. The van der Waals surface area contributed by atoms with Crippen molar-refractivity contribution in [1.29, 1.82) is 0 Å². The van der Waals surface area contributed by atoms with Crippen LogP contribution in [0.3, 0.4) is 0 Å². The number of esters is 1. The van der Waals surface area contributed by atoms with E-state index in [4.69, 9.17) is 14.2 Å². The van der Waals surface area contributed by atoms with Crippen molar-refractivity contribution in [2.24, 2.45) is 0 Å². The first-order valence-corrected chi connectivity index (χ1v) is 7.51. The number of ether oxygens (including phenoxy) is 3. The molecule has 2 rings (SSSR count). The fourth-order valence-corrected chi connectivity index (χ4v) is 2.39. The zero-order valence-corrected chi connectivity index (χ0v) is 14.5. The van der Waals surface area contributed by atoms with Crippen LogP contribution in [0.15, 0.2) is 30.3 Å². The Kier molecular flexibility index (Phi) is 5.59. The summed E-state index contributed by atoms with van der Waals surface area (Å²) in [7, 11) is 3.08. The second-order valence-electron chi connectivity index (χ2n) is 5.47. The van der Waals surface area contributed by atoms with E-state index in [0.717, 1.165) is 11.1 Å². The first-order valence-electron chi connectivity index (χ1n) is 7.51. The van der Waals surface area contributed by atoms with Crippen LogP contribution in [-0.4, -0.2) is 25.1 Å². The lowest BCUT2D eigenvalue weighted by Crippen LogP contribution is -2.07. The van der Waals surface area contributed by atoms with Crippen LogP contribution in [0.5, 0.6) is 11.5 Å². The molecule has 0 fully saturated rings. The van der Waals surface area contributed by atoms with Gasteiger partial charge in [-0.15, -0.1) is 0 Å². The molecular formula is C18H19NO6. The smallest absolute Gasteiger partial charge is 0.338 e. The Morgan fingerprint density at radius 2 is 1.68 bits per heavy atom. The van der Waals surface area contributed by atoms with E-state index in [2.05, 4.69) is 0 Å². The zero-order valence-electron chi connectivity index (χ0n) is 14.5. The van der Waals surface area contributed by atoms with E-state index in [1.54, 1.807) is 26.2 Å². The number of benzene rings is 2. The summed E-state index contributed by atoms with van der Waals surface area (Å²) in [5.41, 5.74) is 2.31. The van der Waals surface area contributed by atoms with Gasteiger partial charge in [-0.1, -0.05) is 0 Å². The molecule has 0 saturated heterocycles. The summed E-state index contributed by atoms with van der Waals surface area (Å²) in [5, 5.41) is 10.8. The fraction of sp³-hybridized carbons (Fsp3) is 0.278. The Morgan fingerprint density at radius 3 is 2.24 bits per heavy atom. The number of nitro benzene ring substituents is 1. The number of rotatable bonds is 6. The average Bonchev–Trinajstić information content (AvgIpc) is 2.59. The molecule has 0 amide bonds. The van der Waals surface area contributed by atoms with Gasteiger partial charge in [-0.2, -0.15) is 0 Å². The summed E-state index contributed by atoms with van der Waals surface area (Å²) in [5.74, 6) is 0.596. The summed E-state index contributed by atoms with van der Waals surface area (Å²) < 4.78 is 15.8. The van der Waals surface area contributed by atoms with Gasteiger partial charge in [0.05, 0.1) is 24.7 Å². The first-order chi connectivity index (χ1) is 11.9. The lowest BCUT2D eigenvalue weighted by Gasteiger charge is -2.13. The minimum Gasteiger partial charge on any atom is -0.493 e. The minimum atomic E-state index is -0.549. The van der Waals surface area contributed by atoms with Crippen LogP contribution >= 0.6 is 0 Å². The molecule has 132 valence electrons. The molecule has 0 radical (unpaired) electrons. The molecule has 0 atom stereocenters. The van der Waals surface area contributed by atoms with Gasteiger partial charge in [0.15, 0.2) is 11.5 Å². The molecular weight excluding hydrogens is 326 g/mol. The maximum absolute atomic E-state index is 12.2. The van der Waals surface area contributed by atoms with Crippen molar-refractivity contribution in [2.45, 2.75) is 20.5 Å². The van der Waals surface area contributed by atoms with Crippen LogP contribution in [0.1, 0.15) is 27.0 Å². The molecule has 7 heteroatoms. The summed E-state index contributed by atoms with van der Waals surface area (Å²) >= 11 is 0.